The quantitative estimate of drug-likeness (QED) is 0.645. The Bertz CT molecular complexity index is 809. The Kier molecular flexibility index (Phi) is 5.86. The molecule has 0 aliphatic carbocycles. The molecule has 1 aliphatic heterocycles. The molecular weight excluding hydrogens is 336 g/mol. The van der Waals surface area contributed by atoms with Gasteiger partial charge in [0.1, 0.15) is 0 Å². The molecule has 2 aromatic carbocycles. The van der Waals surface area contributed by atoms with Gasteiger partial charge < -0.3 is 0 Å². The highest BCUT2D eigenvalue weighted by molar-refractivity contribution is 5.15. The zero-order valence-corrected chi connectivity index (χ0v) is 15.6. The average Bonchev–Trinajstić information content (AvgIpc) is 3.16. The van der Waals surface area contributed by atoms with Gasteiger partial charge in [0.25, 0.3) is 0 Å². The number of benzene rings is 2. The minimum absolute atomic E-state index is 0.820. The number of piperazine rings is 1. The van der Waals surface area contributed by atoms with Gasteiger partial charge in [-0.15, -0.1) is 5.10 Å². The summed E-state index contributed by atoms with van der Waals surface area (Å²) in [6.07, 6.45) is 0.948. The van der Waals surface area contributed by atoms with Gasteiger partial charge in [0.05, 0.1) is 6.54 Å². The Labute approximate surface area is 160 Å². The molecule has 6 nitrogen and oxygen atoms in total. The van der Waals surface area contributed by atoms with Gasteiger partial charge in [0, 0.05) is 39.3 Å². The van der Waals surface area contributed by atoms with Crippen LogP contribution in [0.1, 0.15) is 17.0 Å². The summed E-state index contributed by atoms with van der Waals surface area (Å²) in [4.78, 5) is 4.97. The van der Waals surface area contributed by atoms with Crippen molar-refractivity contribution in [2.75, 3.05) is 26.2 Å². The van der Waals surface area contributed by atoms with Crippen LogP contribution in [0.25, 0.3) is 0 Å². The molecule has 0 unspecified atom stereocenters. The normalized spacial score (nSPS) is 15.9. The van der Waals surface area contributed by atoms with E-state index in [0.717, 1.165) is 58.1 Å². The predicted molar refractivity (Wildman–Crippen MR) is 105 cm³/mol. The maximum absolute atomic E-state index is 4.26. The van der Waals surface area contributed by atoms with Crippen LogP contribution in [0.4, 0.5) is 0 Å². The first-order valence-corrected chi connectivity index (χ1v) is 9.64. The van der Waals surface area contributed by atoms with Crippen molar-refractivity contribution in [3.05, 3.63) is 77.6 Å². The van der Waals surface area contributed by atoms with E-state index >= 15 is 0 Å². The zero-order chi connectivity index (χ0) is 18.3. The molecule has 0 N–H and O–H groups in total. The number of nitrogens with zero attached hydrogens (tertiary/aromatic N) is 6. The topological polar surface area (TPSA) is 50.1 Å². The van der Waals surface area contributed by atoms with E-state index < -0.39 is 0 Å². The Morgan fingerprint density at radius 1 is 0.704 bits per heavy atom. The van der Waals surface area contributed by atoms with Crippen molar-refractivity contribution >= 4 is 0 Å². The van der Waals surface area contributed by atoms with E-state index in [4.69, 9.17) is 0 Å². The molecule has 27 heavy (non-hydrogen) atoms. The van der Waals surface area contributed by atoms with Crippen molar-refractivity contribution in [1.82, 2.24) is 30.0 Å². The number of rotatable bonds is 7. The van der Waals surface area contributed by atoms with E-state index in [9.17, 15) is 0 Å². The molecule has 0 saturated carbocycles. The molecule has 0 spiro atoms. The van der Waals surface area contributed by atoms with Crippen molar-refractivity contribution in [3.63, 3.8) is 0 Å². The lowest BCUT2D eigenvalue weighted by Crippen LogP contribution is -2.45. The SMILES string of the molecule is c1ccc(CCn2nnnc2CN2CCN(Cc3ccccc3)CC2)cc1. The van der Waals surface area contributed by atoms with E-state index in [0.29, 0.717) is 0 Å². The summed E-state index contributed by atoms with van der Waals surface area (Å²) < 4.78 is 1.95. The third kappa shape index (κ3) is 4.99. The molecule has 4 rings (SSSR count). The van der Waals surface area contributed by atoms with Gasteiger partial charge in [0.15, 0.2) is 5.82 Å². The molecule has 1 aliphatic rings. The fourth-order valence-corrected chi connectivity index (χ4v) is 3.54. The maximum atomic E-state index is 4.26. The number of aromatic nitrogens is 4. The minimum atomic E-state index is 0.820. The first-order valence-electron chi connectivity index (χ1n) is 9.64. The van der Waals surface area contributed by atoms with Crippen LogP contribution in [0.15, 0.2) is 60.7 Å². The lowest BCUT2D eigenvalue weighted by Gasteiger charge is -2.34. The van der Waals surface area contributed by atoms with Crippen LogP contribution >= 0.6 is 0 Å². The Balaban J connectivity index is 1.26. The lowest BCUT2D eigenvalue weighted by molar-refractivity contribution is 0.118. The Morgan fingerprint density at radius 2 is 1.30 bits per heavy atom. The summed E-state index contributed by atoms with van der Waals surface area (Å²) in [5, 5.41) is 12.3. The first kappa shape index (κ1) is 17.8. The van der Waals surface area contributed by atoms with Crippen LogP contribution in [0.2, 0.25) is 0 Å². The van der Waals surface area contributed by atoms with Gasteiger partial charge in [-0.05, 0) is 28.0 Å². The standard InChI is InChI=1S/C21H26N6/c1-3-7-19(8-4-1)11-12-27-21(22-23-24-27)18-26-15-13-25(14-16-26)17-20-9-5-2-6-10-20/h1-10H,11-18H2. The van der Waals surface area contributed by atoms with E-state index in [-0.39, 0.29) is 0 Å². The zero-order valence-electron chi connectivity index (χ0n) is 15.6. The van der Waals surface area contributed by atoms with Crippen molar-refractivity contribution in [2.45, 2.75) is 26.1 Å². The smallest absolute Gasteiger partial charge is 0.165 e. The van der Waals surface area contributed by atoms with Crippen LogP contribution in [0, 0.1) is 0 Å². The van der Waals surface area contributed by atoms with E-state index in [1.54, 1.807) is 0 Å². The van der Waals surface area contributed by atoms with Gasteiger partial charge in [-0.25, -0.2) is 4.68 Å². The second kappa shape index (κ2) is 8.88. The second-order valence-electron chi connectivity index (χ2n) is 7.09. The monoisotopic (exact) mass is 362 g/mol. The van der Waals surface area contributed by atoms with Gasteiger partial charge in [-0.3, -0.25) is 9.80 Å². The third-order valence-corrected chi connectivity index (χ3v) is 5.14. The Hall–Kier alpha value is -2.57. The van der Waals surface area contributed by atoms with Crippen molar-refractivity contribution in [3.8, 4) is 0 Å². The largest absolute Gasteiger partial charge is 0.297 e. The molecule has 0 bridgehead atoms. The number of hydrogen-bond donors (Lipinski definition) is 0. The number of hydrogen-bond acceptors (Lipinski definition) is 5. The van der Waals surface area contributed by atoms with Gasteiger partial charge >= 0.3 is 0 Å². The molecule has 140 valence electrons. The number of tetrazole rings is 1. The van der Waals surface area contributed by atoms with Crippen LogP contribution in [0.5, 0.6) is 0 Å². The van der Waals surface area contributed by atoms with Crippen molar-refractivity contribution < 1.29 is 0 Å². The average molecular weight is 362 g/mol. The van der Waals surface area contributed by atoms with Crippen LogP contribution in [-0.4, -0.2) is 56.2 Å². The fraction of sp³-hybridized carbons (Fsp3) is 0.381. The molecule has 6 heteroatoms. The summed E-state index contributed by atoms with van der Waals surface area (Å²) in [5.74, 6) is 0.961. The van der Waals surface area contributed by atoms with Crippen molar-refractivity contribution in [2.24, 2.45) is 0 Å². The van der Waals surface area contributed by atoms with Crippen LogP contribution < -0.4 is 0 Å². The summed E-state index contributed by atoms with van der Waals surface area (Å²) in [6, 6.07) is 21.2. The molecule has 3 aromatic rings. The summed E-state index contributed by atoms with van der Waals surface area (Å²) in [7, 11) is 0. The Morgan fingerprint density at radius 3 is 1.96 bits per heavy atom. The predicted octanol–water partition coefficient (Wildman–Crippen LogP) is 2.23. The van der Waals surface area contributed by atoms with E-state index in [1.807, 2.05) is 10.7 Å². The van der Waals surface area contributed by atoms with E-state index in [1.165, 1.54) is 11.1 Å². The molecule has 0 atom stereocenters. The molecule has 0 radical (unpaired) electrons. The van der Waals surface area contributed by atoms with Crippen molar-refractivity contribution in [1.29, 1.82) is 0 Å². The highest BCUT2D eigenvalue weighted by Gasteiger charge is 2.19. The fourth-order valence-electron chi connectivity index (χ4n) is 3.54. The highest BCUT2D eigenvalue weighted by atomic mass is 15.5. The highest BCUT2D eigenvalue weighted by Crippen LogP contribution is 2.11. The minimum Gasteiger partial charge on any atom is -0.297 e. The second-order valence-corrected chi connectivity index (χ2v) is 7.09. The van der Waals surface area contributed by atoms with Gasteiger partial charge in [0.2, 0.25) is 0 Å². The molecule has 1 fully saturated rings. The molecule has 2 heterocycles. The molecule has 1 saturated heterocycles. The molecular formula is C21H26N6. The lowest BCUT2D eigenvalue weighted by atomic mass is 10.1. The van der Waals surface area contributed by atoms with Crippen LogP contribution in [0.3, 0.4) is 0 Å². The summed E-state index contributed by atoms with van der Waals surface area (Å²) in [5.41, 5.74) is 2.70. The van der Waals surface area contributed by atoms with Gasteiger partial charge in [-0.1, -0.05) is 60.7 Å². The first-order chi connectivity index (χ1) is 13.4. The summed E-state index contributed by atoms with van der Waals surface area (Å²) in [6.45, 7) is 6.95. The molecule has 0 amide bonds. The van der Waals surface area contributed by atoms with Crippen LogP contribution in [-0.2, 0) is 26.1 Å². The maximum Gasteiger partial charge on any atom is 0.165 e. The summed E-state index contributed by atoms with van der Waals surface area (Å²) >= 11 is 0. The third-order valence-electron chi connectivity index (χ3n) is 5.14. The molecule has 1 aromatic heterocycles. The number of aryl methyl sites for hydroxylation is 2. The van der Waals surface area contributed by atoms with E-state index in [2.05, 4.69) is 79.9 Å². The van der Waals surface area contributed by atoms with Gasteiger partial charge in [-0.2, -0.15) is 0 Å².